The lowest BCUT2D eigenvalue weighted by atomic mass is 10.2. The van der Waals surface area contributed by atoms with Gasteiger partial charge in [-0.3, -0.25) is 14.3 Å². The Hall–Kier alpha value is -2.77. The van der Waals surface area contributed by atoms with E-state index >= 15 is 0 Å². The fraction of sp³-hybridized carbons (Fsp3) is 0.0588. The summed E-state index contributed by atoms with van der Waals surface area (Å²) in [5.74, 6) is 0.153. The van der Waals surface area contributed by atoms with Crippen LogP contribution in [0, 0.1) is 4.77 Å². The molecule has 126 valence electrons. The number of benzene rings is 1. The molecule has 0 radical (unpaired) electrons. The van der Waals surface area contributed by atoms with Crippen molar-refractivity contribution in [3.8, 4) is 5.88 Å². The Morgan fingerprint density at radius 1 is 1.32 bits per heavy atom. The van der Waals surface area contributed by atoms with Crippen LogP contribution in [0.4, 0.5) is 0 Å². The lowest BCUT2D eigenvalue weighted by Crippen LogP contribution is -2.16. The lowest BCUT2D eigenvalue weighted by molar-refractivity contribution is 0.412. The van der Waals surface area contributed by atoms with E-state index in [1.165, 1.54) is 10.6 Å². The van der Waals surface area contributed by atoms with Gasteiger partial charge in [-0.15, -0.1) is 6.58 Å². The van der Waals surface area contributed by atoms with Crippen LogP contribution in [0.25, 0.3) is 6.08 Å². The van der Waals surface area contributed by atoms with Crippen molar-refractivity contribution in [2.24, 2.45) is 9.98 Å². The van der Waals surface area contributed by atoms with Crippen LogP contribution < -0.4 is 5.56 Å². The van der Waals surface area contributed by atoms with E-state index in [1.54, 1.807) is 6.08 Å². The molecule has 2 heterocycles. The maximum atomic E-state index is 12.2. The fourth-order valence-corrected chi connectivity index (χ4v) is 2.71. The monoisotopic (exact) mass is 372 g/mol. The van der Waals surface area contributed by atoms with Gasteiger partial charge in [0.1, 0.15) is 11.3 Å². The summed E-state index contributed by atoms with van der Waals surface area (Å²) in [5.41, 5.74) is 0.536. The second-order valence-electron chi connectivity index (χ2n) is 5.13. The number of aromatic nitrogens is 2. The van der Waals surface area contributed by atoms with Crippen LogP contribution in [0.5, 0.6) is 5.88 Å². The van der Waals surface area contributed by atoms with Crippen LogP contribution in [-0.4, -0.2) is 25.7 Å². The highest BCUT2D eigenvalue weighted by molar-refractivity contribution is 7.71. The Balaban J connectivity index is 2.10. The number of nitrogens with one attached hydrogen (secondary N) is 1. The van der Waals surface area contributed by atoms with Gasteiger partial charge in [-0.25, -0.2) is 9.98 Å². The molecule has 25 heavy (non-hydrogen) atoms. The van der Waals surface area contributed by atoms with Gasteiger partial charge in [-0.05, 0) is 18.3 Å². The molecule has 2 aromatic rings. The second-order valence-corrected chi connectivity index (χ2v) is 5.87. The predicted octanol–water partition coefficient (Wildman–Crippen LogP) is 3.24. The molecule has 2 N–H and O–H groups in total. The summed E-state index contributed by atoms with van der Waals surface area (Å²) in [7, 11) is 0. The average Bonchev–Trinajstić information content (AvgIpc) is 2.97. The molecule has 0 saturated heterocycles. The Morgan fingerprint density at radius 2 is 2.04 bits per heavy atom. The molecule has 6 nitrogen and oxygen atoms in total. The van der Waals surface area contributed by atoms with Crippen LogP contribution in [-0.2, 0) is 6.54 Å². The van der Waals surface area contributed by atoms with Crippen LogP contribution in [0.15, 0.2) is 63.5 Å². The molecule has 0 aliphatic carbocycles. The van der Waals surface area contributed by atoms with Crippen LogP contribution >= 0.6 is 23.8 Å². The summed E-state index contributed by atoms with van der Waals surface area (Å²) in [4.78, 5) is 23.2. The Bertz CT molecular complexity index is 1050. The number of nitrogens with zero attached hydrogens (tertiary/aromatic N) is 3. The molecule has 1 aromatic heterocycles. The molecule has 1 aliphatic heterocycles. The van der Waals surface area contributed by atoms with Gasteiger partial charge in [-0.1, -0.05) is 48.0 Å². The minimum absolute atomic E-state index is 0.00291. The first-order valence-electron chi connectivity index (χ1n) is 7.28. The van der Waals surface area contributed by atoms with E-state index in [0.717, 1.165) is 5.56 Å². The molecule has 0 saturated carbocycles. The third-order valence-electron chi connectivity index (χ3n) is 3.47. The minimum Gasteiger partial charge on any atom is -0.494 e. The first kappa shape index (κ1) is 17.1. The highest BCUT2D eigenvalue weighted by Gasteiger charge is 2.18. The molecular weight excluding hydrogens is 360 g/mol. The third kappa shape index (κ3) is 3.38. The van der Waals surface area contributed by atoms with Gasteiger partial charge in [0, 0.05) is 12.1 Å². The van der Waals surface area contributed by atoms with Crippen LogP contribution in [0.1, 0.15) is 11.1 Å². The summed E-state index contributed by atoms with van der Waals surface area (Å²) < 4.78 is 1.45. The van der Waals surface area contributed by atoms with Gasteiger partial charge >= 0.3 is 0 Å². The highest BCUT2D eigenvalue weighted by atomic mass is 35.5. The average molecular weight is 373 g/mol. The first-order valence-corrected chi connectivity index (χ1v) is 8.07. The second kappa shape index (κ2) is 7.00. The van der Waals surface area contributed by atoms with Crippen molar-refractivity contribution in [1.82, 2.24) is 9.55 Å². The van der Waals surface area contributed by atoms with Gasteiger partial charge in [0.05, 0.1) is 0 Å². The van der Waals surface area contributed by atoms with Gasteiger partial charge in [0.25, 0.3) is 5.56 Å². The summed E-state index contributed by atoms with van der Waals surface area (Å²) in [6.07, 6.45) is 2.94. The van der Waals surface area contributed by atoms with Gasteiger partial charge < -0.3 is 5.11 Å². The number of aliphatic imine (C=N–C) groups is 2. The number of hydrogen-bond donors (Lipinski definition) is 2. The molecule has 8 heteroatoms. The summed E-state index contributed by atoms with van der Waals surface area (Å²) in [5, 5.41) is 10.5. The Labute approximate surface area is 153 Å². The number of halogens is 1. The molecule has 0 fully saturated rings. The third-order valence-corrected chi connectivity index (χ3v) is 4.07. The zero-order chi connectivity index (χ0) is 18.0. The molecule has 3 rings (SSSR count). The van der Waals surface area contributed by atoms with Crippen molar-refractivity contribution < 1.29 is 5.11 Å². The van der Waals surface area contributed by atoms with E-state index in [0.29, 0.717) is 5.84 Å². The van der Waals surface area contributed by atoms with Crippen molar-refractivity contribution in [3.05, 3.63) is 74.9 Å². The maximum absolute atomic E-state index is 12.2. The van der Waals surface area contributed by atoms with E-state index in [1.807, 2.05) is 30.3 Å². The molecule has 0 unspecified atom stereocenters. The largest absolute Gasteiger partial charge is 0.494 e. The molecule has 0 spiro atoms. The van der Waals surface area contributed by atoms with E-state index in [4.69, 9.17) is 23.8 Å². The molecule has 0 atom stereocenters. The molecule has 0 bridgehead atoms. The van der Waals surface area contributed by atoms with Crippen LogP contribution in [0.2, 0.25) is 0 Å². The van der Waals surface area contributed by atoms with E-state index in [-0.39, 0.29) is 33.6 Å². The van der Waals surface area contributed by atoms with Gasteiger partial charge in [-0.2, -0.15) is 0 Å². The highest BCUT2D eigenvalue weighted by Crippen LogP contribution is 2.23. The van der Waals surface area contributed by atoms with Crippen molar-refractivity contribution in [1.29, 1.82) is 0 Å². The predicted molar refractivity (Wildman–Crippen MR) is 102 cm³/mol. The number of H-pyrrole nitrogens is 1. The topological polar surface area (TPSA) is 82.7 Å². The Morgan fingerprint density at radius 3 is 2.72 bits per heavy atom. The van der Waals surface area contributed by atoms with Crippen LogP contribution in [0.3, 0.4) is 0 Å². The van der Waals surface area contributed by atoms with E-state index < -0.39 is 5.56 Å². The number of rotatable bonds is 4. The SMILES string of the molecule is C=CCn1c(O)c(C=C2N=C(c3ccccc3)N=C2Cl)c(=O)[nH]c1=S. The molecule has 1 aliphatic rings. The van der Waals surface area contributed by atoms with Crippen molar-refractivity contribution >= 4 is 40.9 Å². The fourth-order valence-electron chi connectivity index (χ4n) is 2.28. The summed E-state index contributed by atoms with van der Waals surface area (Å²) >= 11 is 11.2. The lowest BCUT2D eigenvalue weighted by Gasteiger charge is -2.08. The zero-order valence-corrected chi connectivity index (χ0v) is 14.5. The van der Waals surface area contributed by atoms with E-state index in [9.17, 15) is 9.90 Å². The van der Waals surface area contributed by atoms with E-state index in [2.05, 4.69) is 21.5 Å². The number of amidine groups is 1. The molecule has 1 aromatic carbocycles. The summed E-state index contributed by atoms with van der Waals surface area (Å²) in [6, 6.07) is 9.31. The van der Waals surface area contributed by atoms with Crippen molar-refractivity contribution in [3.63, 3.8) is 0 Å². The molecular formula is C17H13ClN4O2S. The number of aromatic amines is 1. The smallest absolute Gasteiger partial charge is 0.262 e. The number of allylic oxidation sites excluding steroid dienone is 2. The minimum atomic E-state index is -0.539. The van der Waals surface area contributed by atoms with Crippen molar-refractivity contribution in [2.45, 2.75) is 6.54 Å². The number of aromatic hydroxyl groups is 1. The van der Waals surface area contributed by atoms with Gasteiger partial charge in [0.15, 0.2) is 15.8 Å². The molecule has 0 amide bonds. The summed E-state index contributed by atoms with van der Waals surface area (Å²) in [6.45, 7) is 3.85. The maximum Gasteiger partial charge on any atom is 0.262 e. The normalized spacial score (nSPS) is 15.2. The zero-order valence-electron chi connectivity index (χ0n) is 12.9. The Kier molecular flexibility index (Phi) is 4.78. The van der Waals surface area contributed by atoms with Crippen molar-refractivity contribution in [2.75, 3.05) is 0 Å². The first-order chi connectivity index (χ1) is 12.0. The number of hydrogen-bond acceptors (Lipinski definition) is 5. The quantitative estimate of drug-likeness (QED) is 0.638. The van der Waals surface area contributed by atoms with Gasteiger partial charge in [0.2, 0.25) is 5.88 Å². The standard InChI is InChI=1S/C17H13ClN4O2S/c1-2-8-22-16(24)11(15(23)21-17(22)25)9-12-13(18)20-14(19-12)10-6-4-3-5-7-10/h2-7,9,24H,1,8H2,(H,21,23,25).